The normalized spacial score (nSPS) is 11.4. The Bertz CT molecular complexity index is 1030. The monoisotopic (exact) mass is 364 g/mol. The summed E-state index contributed by atoms with van der Waals surface area (Å²) in [6.45, 7) is 1.38. The number of aromatic amines is 1. The molecule has 4 aromatic rings. The standard InChI is InChI=1S/C19H20N6O2/c1-25(12-18-23-19(24-27-18)13-5-8-20-9-6-13)10-7-17-21-15-4-3-14(26-2)11-16(15)22-17/h3-6,8-9,11H,7,10,12H2,1-2H3,(H,21,22). The van der Waals surface area contributed by atoms with Crippen LogP contribution >= 0.6 is 0 Å². The van der Waals surface area contributed by atoms with Gasteiger partial charge in [0.25, 0.3) is 0 Å². The highest BCUT2D eigenvalue weighted by molar-refractivity contribution is 5.76. The van der Waals surface area contributed by atoms with Crippen molar-refractivity contribution in [3.63, 3.8) is 0 Å². The van der Waals surface area contributed by atoms with Crippen LogP contribution in [0.5, 0.6) is 5.75 Å². The molecule has 0 bridgehead atoms. The number of nitrogens with zero attached hydrogens (tertiary/aromatic N) is 5. The molecule has 0 amide bonds. The molecular weight excluding hydrogens is 344 g/mol. The quantitative estimate of drug-likeness (QED) is 0.539. The summed E-state index contributed by atoms with van der Waals surface area (Å²) in [7, 11) is 3.67. The first-order valence-corrected chi connectivity index (χ1v) is 8.65. The molecule has 3 aromatic heterocycles. The van der Waals surface area contributed by atoms with Crippen LogP contribution in [0.1, 0.15) is 11.7 Å². The van der Waals surface area contributed by atoms with Gasteiger partial charge in [0.15, 0.2) is 0 Å². The minimum absolute atomic E-state index is 0.576. The average Bonchev–Trinajstić information content (AvgIpc) is 3.33. The van der Waals surface area contributed by atoms with Crippen LogP contribution in [0.3, 0.4) is 0 Å². The Hall–Kier alpha value is -3.26. The van der Waals surface area contributed by atoms with Crippen molar-refractivity contribution in [1.82, 2.24) is 30.0 Å². The van der Waals surface area contributed by atoms with Crippen molar-refractivity contribution in [3.05, 3.63) is 54.4 Å². The van der Waals surface area contributed by atoms with Gasteiger partial charge in [-0.05, 0) is 31.3 Å². The number of nitrogens with one attached hydrogen (secondary N) is 1. The van der Waals surface area contributed by atoms with Crippen LogP contribution in [-0.4, -0.2) is 50.7 Å². The highest BCUT2D eigenvalue weighted by Crippen LogP contribution is 2.19. The summed E-state index contributed by atoms with van der Waals surface area (Å²) >= 11 is 0. The van der Waals surface area contributed by atoms with Crippen molar-refractivity contribution in [2.24, 2.45) is 0 Å². The minimum Gasteiger partial charge on any atom is -0.497 e. The Kier molecular flexibility index (Phi) is 4.80. The molecular formula is C19H20N6O2. The summed E-state index contributed by atoms with van der Waals surface area (Å²) in [6, 6.07) is 9.53. The van der Waals surface area contributed by atoms with Gasteiger partial charge in [-0.2, -0.15) is 4.98 Å². The SMILES string of the molecule is COc1ccc2nc(CCN(C)Cc3nc(-c4ccncc4)no3)[nH]c2c1. The van der Waals surface area contributed by atoms with Gasteiger partial charge in [-0.25, -0.2) is 4.98 Å². The lowest BCUT2D eigenvalue weighted by Crippen LogP contribution is -2.21. The van der Waals surface area contributed by atoms with E-state index < -0.39 is 0 Å². The number of hydrogen-bond donors (Lipinski definition) is 1. The molecule has 138 valence electrons. The van der Waals surface area contributed by atoms with Crippen LogP contribution in [0.15, 0.2) is 47.2 Å². The minimum atomic E-state index is 0.576. The fraction of sp³-hybridized carbons (Fsp3) is 0.263. The van der Waals surface area contributed by atoms with Gasteiger partial charge in [0.05, 0.1) is 24.7 Å². The first-order chi connectivity index (χ1) is 13.2. The van der Waals surface area contributed by atoms with Gasteiger partial charge in [-0.15, -0.1) is 0 Å². The molecule has 27 heavy (non-hydrogen) atoms. The molecule has 1 N–H and O–H groups in total. The summed E-state index contributed by atoms with van der Waals surface area (Å²) in [4.78, 5) is 18.5. The van der Waals surface area contributed by atoms with Crippen LogP contribution in [0, 0.1) is 0 Å². The fourth-order valence-electron chi connectivity index (χ4n) is 2.83. The molecule has 8 nitrogen and oxygen atoms in total. The van der Waals surface area contributed by atoms with E-state index in [0.717, 1.165) is 41.1 Å². The molecule has 0 unspecified atom stereocenters. The second-order valence-electron chi connectivity index (χ2n) is 6.30. The third kappa shape index (κ3) is 3.95. The molecule has 0 atom stereocenters. The van der Waals surface area contributed by atoms with Crippen LogP contribution < -0.4 is 4.74 Å². The Labute approximate surface area is 156 Å². The van der Waals surface area contributed by atoms with Gasteiger partial charge in [-0.1, -0.05) is 5.16 Å². The molecule has 0 saturated carbocycles. The highest BCUT2D eigenvalue weighted by atomic mass is 16.5. The lowest BCUT2D eigenvalue weighted by atomic mass is 10.2. The van der Waals surface area contributed by atoms with Crippen molar-refractivity contribution in [2.75, 3.05) is 20.7 Å². The number of ether oxygens (including phenoxy) is 1. The van der Waals surface area contributed by atoms with Crippen molar-refractivity contribution in [2.45, 2.75) is 13.0 Å². The second kappa shape index (κ2) is 7.55. The average molecular weight is 364 g/mol. The van der Waals surface area contributed by atoms with Crippen molar-refractivity contribution in [3.8, 4) is 17.1 Å². The Balaban J connectivity index is 1.36. The number of likely N-dealkylation sites (N-methyl/N-ethyl adjacent to an activating group) is 1. The van der Waals surface area contributed by atoms with Gasteiger partial charge in [-0.3, -0.25) is 9.88 Å². The number of hydrogen-bond acceptors (Lipinski definition) is 7. The van der Waals surface area contributed by atoms with E-state index in [-0.39, 0.29) is 0 Å². The number of aromatic nitrogens is 5. The lowest BCUT2D eigenvalue weighted by Gasteiger charge is -2.12. The molecule has 0 aliphatic rings. The van der Waals surface area contributed by atoms with E-state index in [1.165, 1.54) is 0 Å². The van der Waals surface area contributed by atoms with Crippen molar-refractivity contribution >= 4 is 11.0 Å². The van der Waals surface area contributed by atoms with Gasteiger partial charge < -0.3 is 14.2 Å². The van der Waals surface area contributed by atoms with Crippen LogP contribution in [-0.2, 0) is 13.0 Å². The van der Waals surface area contributed by atoms with Gasteiger partial charge in [0.2, 0.25) is 11.7 Å². The predicted octanol–water partition coefficient (Wildman–Crippen LogP) is 2.69. The highest BCUT2D eigenvalue weighted by Gasteiger charge is 2.11. The number of fused-ring (bicyclic) bond motifs is 1. The number of rotatable bonds is 7. The van der Waals surface area contributed by atoms with Crippen LogP contribution in [0.4, 0.5) is 0 Å². The largest absolute Gasteiger partial charge is 0.497 e. The summed E-state index contributed by atoms with van der Waals surface area (Å²) in [5.74, 6) is 2.91. The Morgan fingerprint density at radius 3 is 2.81 bits per heavy atom. The van der Waals surface area contributed by atoms with E-state index in [4.69, 9.17) is 9.26 Å². The number of benzene rings is 1. The van der Waals surface area contributed by atoms with Crippen molar-refractivity contribution < 1.29 is 9.26 Å². The maximum atomic E-state index is 5.35. The van der Waals surface area contributed by atoms with Crippen LogP contribution in [0.25, 0.3) is 22.4 Å². The van der Waals surface area contributed by atoms with Gasteiger partial charge in [0.1, 0.15) is 11.6 Å². The summed E-state index contributed by atoms with van der Waals surface area (Å²) in [5.41, 5.74) is 2.80. The topological polar surface area (TPSA) is 93.0 Å². The van der Waals surface area contributed by atoms with Gasteiger partial charge in [0, 0.05) is 37.0 Å². The van der Waals surface area contributed by atoms with E-state index >= 15 is 0 Å². The maximum absolute atomic E-state index is 5.35. The summed E-state index contributed by atoms with van der Waals surface area (Å²) in [6.07, 6.45) is 4.21. The molecule has 0 saturated heterocycles. The van der Waals surface area contributed by atoms with Gasteiger partial charge >= 0.3 is 0 Å². The third-order valence-electron chi connectivity index (χ3n) is 4.28. The Morgan fingerprint density at radius 1 is 1.15 bits per heavy atom. The zero-order valence-electron chi connectivity index (χ0n) is 15.2. The van der Waals surface area contributed by atoms with E-state index in [1.54, 1.807) is 19.5 Å². The number of imidazole rings is 1. The maximum Gasteiger partial charge on any atom is 0.241 e. The first-order valence-electron chi connectivity index (χ1n) is 8.65. The molecule has 3 heterocycles. The van der Waals surface area contributed by atoms with Crippen LogP contribution in [0.2, 0.25) is 0 Å². The number of methoxy groups -OCH3 is 1. The first kappa shape index (κ1) is 17.2. The fourth-order valence-corrected chi connectivity index (χ4v) is 2.83. The van der Waals surface area contributed by atoms with Crippen molar-refractivity contribution in [1.29, 1.82) is 0 Å². The number of H-pyrrole nitrogens is 1. The molecule has 0 radical (unpaired) electrons. The Morgan fingerprint density at radius 2 is 2.00 bits per heavy atom. The third-order valence-corrected chi connectivity index (χ3v) is 4.28. The van der Waals surface area contributed by atoms with E-state index in [9.17, 15) is 0 Å². The molecule has 8 heteroatoms. The lowest BCUT2D eigenvalue weighted by molar-refractivity contribution is 0.268. The smallest absolute Gasteiger partial charge is 0.241 e. The van der Waals surface area contributed by atoms with E-state index in [2.05, 4.69) is 30.0 Å². The van der Waals surface area contributed by atoms with E-state index in [1.807, 2.05) is 37.4 Å². The predicted molar refractivity (Wildman–Crippen MR) is 100 cm³/mol. The molecule has 4 rings (SSSR count). The van der Waals surface area contributed by atoms with E-state index in [0.29, 0.717) is 18.3 Å². The number of pyridine rings is 1. The summed E-state index contributed by atoms with van der Waals surface area (Å²) < 4.78 is 10.6. The zero-order chi connectivity index (χ0) is 18.6. The molecule has 0 spiro atoms. The zero-order valence-corrected chi connectivity index (χ0v) is 15.2. The second-order valence-corrected chi connectivity index (χ2v) is 6.30. The summed E-state index contributed by atoms with van der Waals surface area (Å²) in [5, 5.41) is 4.03. The molecule has 0 fully saturated rings. The molecule has 0 aliphatic carbocycles. The molecule has 1 aromatic carbocycles. The molecule has 0 aliphatic heterocycles.